The molecule has 1 aromatic carbocycles. The summed E-state index contributed by atoms with van der Waals surface area (Å²) in [5.74, 6) is -0.221. The van der Waals surface area contributed by atoms with Crippen LogP contribution in [0.25, 0.3) is 5.57 Å². The predicted octanol–water partition coefficient (Wildman–Crippen LogP) is 4.68. The molecule has 2 aliphatic carbocycles. The normalized spacial score (nSPS) is 24.0. The summed E-state index contributed by atoms with van der Waals surface area (Å²) in [4.78, 5) is 19.4. The van der Waals surface area contributed by atoms with Crippen LogP contribution in [0.5, 0.6) is 0 Å². The maximum atomic E-state index is 12.7. The van der Waals surface area contributed by atoms with E-state index in [0.29, 0.717) is 0 Å². The molecule has 3 N–H and O–H groups in total. The molecule has 30 heavy (non-hydrogen) atoms. The first kappa shape index (κ1) is 20.4. The highest BCUT2D eigenvalue weighted by atomic mass is 16.3. The summed E-state index contributed by atoms with van der Waals surface area (Å²) in [6, 6.07) is 8.27. The summed E-state index contributed by atoms with van der Waals surface area (Å²) < 4.78 is 0. The van der Waals surface area contributed by atoms with E-state index < -0.39 is 0 Å². The Kier molecular flexibility index (Phi) is 5.74. The topological polar surface area (TPSA) is 102 Å². The lowest BCUT2D eigenvalue weighted by Crippen LogP contribution is -2.30. The monoisotopic (exact) mass is 404 g/mol. The largest absolute Gasteiger partial charge is 0.393 e. The van der Waals surface area contributed by atoms with Gasteiger partial charge in [0.05, 0.1) is 12.3 Å². The Hall–Kier alpha value is -2.91. The van der Waals surface area contributed by atoms with E-state index in [0.717, 1.165) is 56.2 Å². The van der Waals surface area contributed by atoms with E-state index in [1.165, 1.54) is 23.8 Å². The molecule has 6 nitrogen and oxygen atoms in total. The van der Waals surface area contributed by atoms with E-state index in [-0.39, 0.29) is 28.9 Å². The van der Waals surface area contributed by atoms with Gasteiger partial charge in [0.25, 0.3) is 5.91 Å². The predicted molar refractivity (Wildman–Crippen MR) is 116 cm³/mol. The van der Waals surface area contributed by atoms with E-state index in [9.17, 15) is 9.90 Å². The van der Waals surface area contributed by atoms with Crippen LogP contribution < -0.4 is 5.32 Å². The van der Waals surface area contributed by atoms with E-state index in [4.69, 9.17) is 5.26 Å². The number of amides is 1. The zero-order chi connectivity index (χ0) is 21.1. The first-order valence-electron chi connectivity index (χ1n) is 10.8. The molecule has 0 aliphatic heterocycles. The number of anilines is 1. The number of hydrogen-bond acceptors (Lipinski definition) is 4. The molecular formula is C24H28N4O2. The van der Waals surface area contributed by atoms with Crippen LogP contribution in [0.3, 0.4) is 0 Å². The van der Waals surface area contributed by atoms with Crippen molar-refractivity contribution in [2.75, 3.05) is 5.32 Å². The van der Waals surface area contributed by atoms with Crippen LogP contribution >= 0.6 is 0 Å². The Balaban J connectivity index is 1.66. The second kappa shape index (κ2) is 8.45. The summed E-state index contributed by atoms with van der Waals surface area (Å²) in [6.07, 6.45) is 11.4. The van der Waals surface area contributed by atoms with Crippen molar-refractivity contribution in [3.63, 3.8) is 0 Å². The molecule has 6 heteroatoms. The van der Waals surface area contributed by atoms with Gasteiger partial charge in [-0.25, -0.2) is 4.98 Å². The van der Waals surface area contributed by atoms with Crippen LogP contribution in [0.4, 0.5) is 5.69 Å². The number of aliphatic hydroxyl groups excluding tert-OH is 1. The molecule has 0 bridgehead atoms. The second-order valence-electron chi connectivity index (χ2n) is 8.74. The SMILES string of the molecule is CC1(c2ccc(NC(=O)c3ncc(C#N)[nH]3)c(C3=CCCCC3)c2)CCC(O)CC1. The Labute approximate surface area is 177 Å². The second-order valence-corrected chi connectivity index (χ2v) is 8.74. The van der Waals surface area contributed by atoms with Gasteiger partial charge < -0.3 is 15.4 Å². The fourth-order valence-corrected chi connectivity index (χ4v) is 4.58. The van der Waals surface area contributed by atoms with E-state index in [2.05, 4.69) is 40.4 Å². The number of H-pyrrole nitrogens is 1. The molecule has 0 spiro atoms. The van der Waals surface area contributed by atoms with Gasteiger partial charge in [0.2, 0.25) is 0 Å². The minimum Gasteiger partial charge on any atom is -0.393 e. The standard InChI is InChI=1S/C24H28N4O2/c1-24(11-9-19(29)10-12-24)17-7-8-21(20(13-17)16-5-3-2-4-6-16)28-23(30)22-26-15-18(14-25)27-22/h5,7-8,13,15,19,29H,2-4,6,9-12H2,1H3,(H,26,27)(H,28,30). The van der Waals surface area contributed by atoms with Crippen LogP contribution in [0, 0.1) is 11.3 Å². The zero-order valence-corrected chi connectivity index (χ0v) is 17.4. The number of carbonyl (C=O) groups excluding carboxylic acids is 1. The highest BCUT2D eigenvalue weighted by Gasteiger charge is 2.32. The summed E-state index contributed by atoms with van der Waals surface area (Å²) in [5, 5.41) is 21.9. The number of allylic oxidation sites excluding steroid dienone is 2. The van der Waals surface area contributed by atoms with Crippen LogP contribution in [0.1, 0.15) is 85.7 Å². The van der Waals surface area contributed by atoms with Crippen molar-refractivity contribution >= 4 is 17.2 Å². The molecule has 0 atom stereocenters. The van der Waals surface area contributed by atoms with Crippen LogP contribution in [0.2, 0.25) is 0 Å². The van der Waals surface area contributed by atoms with Gasteiger partial charge in [0.15, 0.2) is 5.82 Å². The first-order chi connectivity index (χ1) is 14.5. The number of nitrogens with zero attached hydrogens (tertiary/aromatic N) is 2. The van der Waals surface area contributed by atoms with E-state index in [1.807, 2.05) is 12.1 Å². The number of rotatable bonds is 4. The van der Waals surface area contributed by atoms with E-state index in [1.54, 1.807) is 0 Å². The van der Waals surface area contributed by atoms with Gasteiger partial charge in [-0.2, -0.15) is 5.26 Å². The third kappa shape index (κ3) is 4.17. The molecule has 1 aromatic heterocycles. The van der Waals surface area contributed by atoms with Gasteiger partial charge in [0.1, 0.15) is 11.8 Å². The van der Waals surface area contributed by atoms with Gasteiger partial charge in [-0.05, 0) is 80.1 Å². The van der Waals surface area contributed by atoms with Crippen molar-refractivity contribution in [3.05, 3.63) is 53.1 Å². The first-order valence-corrected chi connectivity index (χ1v) is 10.8. The summed E-state index contributed by atoms with van der Waals surface area (Å²) in [7, 11) is 0. The molecule has 0 unspecified atom stereocenters. The minimum absolute atomic E-state index is 0.0362. The van der Waals surface area contributed by atoms with E-state index >= 15 is 0 Å². The maximum absolute atomic E-state index is 12.7. The quantitative estimate of drug-likeness (QED) is 0.688. The minimum atomic E-state index is -0.353. The third-order valence-electron chi connectivity index (χ3n) is 6.57. The van der Waals surface area contributed by atoms with Gasteiger partial charge >= 0.3 is 0 Å². The van der Waals surface area contributed by atoms with Crippen LogP contribution in [0.15, 0.2) is 30.5 Å². The number of nitriles is 1. The van der Waals surface area contributed by atoms with Crippen molar-refractivity contribution in [1.82, 2.24) is 9.97 Å². The van der Waals surface area contributed by atoms with Crippen molar-refractivity contribution in [2.24, 2.45) is 0 Å². The Morgan fingerprint density at radius 2 is 2.13 bits per heavy atom. The Bertz CT molecular complexity index is 1010. The molecule has 0 radical (unpaired) electrons. The molecular weight excluding hydrogens is 376 g/mol. The maximum Gasteiger partial charge on any atom is 0.291 e. The van der Waals surface area contributed by atoms with Crippen molar-refractivity contribution in [3.8, 4) is 6.07 Å². The lowest BCUT2D eigenvalue weighted by molar-refractivity contribution is 0.100. The summed E-state index contributed by atoms with van der Waals surface area (Å²) >= 11 is 0. The zero-order valence-electron chi connectivity index (χ0n) is 17.4. The van der Waals surface area contributed by atoms with Gasteiger partial charge in [-0.3, -0.25) is 4.79 Å². The average molecular weight is 405 g/mol. The van der Waals surface area contributed by atoms with Crippen molar-refractivity contribution in [1.29, 1.82) is 5.26 Å². The number of imidazole rings is 1. The Morgan fingerprint density at radius 3 is 2.80 bits per heavy atom. The number of hydrogen-bond donors (Lipinski definition) is 3. The molecule has 2 aromatic rings. The van der Waals surface area contributed by atoms with Gasteiger partial charge in [-0.1, -0.05) is 19.1 Å². The van der Waals surface area contributed by atoms with Crippen molar-refractivity contribution < 1.29 is 9.90 Å². The highest BCUT2D eigenvalue weighted by molar-refractivity contribution is 6.03. The van der Waals surface area contributed by atoms with Crippen molar-refractivity contribution in [2.45, 2.75) is 69.8 Å². The highest BCUT2D eigenvalue weighted by Crippen LogP contribution is 2.42. The molecule has 0 saturated heterocycles. The Morgan fingerprint density at radius 1 is 1.33 bits per heavy atom. The third-order valence-corrected chi connectivity index (χ3v) is 6.57. The molecule has 156 valence electrons. The molecule has 1 heterocycles. The molecule has 1 saturated carbocycles. The van der Waals surface area contributed by atoms with Crippen LogP contribution in [-0.2, 0) is 5.41 Å². The fourth-order valence-electron chi connectivity index (χ4n) is 4.58. The number of benzene rings is 1. The molecule has 2 aliphatic rings. The number of aromatic amines is 1. The molecule has 4 rings (SSSR count). The van der Waals surface area contributed by atoms with Crippen LogP contribution in [-0.4, -0.2) is 27.1 Å². The lowest BCUT2D eigenvalue weighted by Gasteiger charge is -2.37. The van der Waals surface area contributed by atoms with Gasteiger partial charge in [0, 0.05) is 11.3 Å². The lowest BCUT2D eigenvalue weighted by atomic mass is 9.69. The average Bonchev–Trinajstić information content (AvgIpc) is 3.26. The number of nitrogens with one attached hydrogen (secondary N) is 2. The summed E-state index contributed by atoms with van der Waals surface area (Å²) in [5.41, 5.74) is 4.67. The number of carbonyl (C=O) groups is 1. The van der Waals surface area contributed by atoms with Gasteiger partial charge in [-0.15, -0.1) is 0 Å². The fraction of sp³-hybridized carbons (Fsp3) is 0.458. The molecule has 1 amide bonds. The smallest absolute Gasteiger partial charge is 0.291 e. The summed E-state index contributed by atoms with van der Waals surface area (Å²) in [6.45, 7) is 2.28. The molecule has 1 fully saturated rings. The number of aromatic nitrogens is 2. The number of aliphatic hydroxyl groups is 1.